The predicted molar refractivity (Wildman–Crippen MR) is 72.0 cm³/mol. The van der Waals surface area contributed by atoms with Crippen molar-refractivity contribution in [2.24, 2.45) is 0 Å². The summed E-state index contributed by atoms with van der Waals surface area (Å²) in [5, 5.41) is 9.42. The molecule has 1 saturated carbocycles. The molecule has 19 heavy (non-hydrogen) atoms. The number of carbonyl (C=O) groups is 1. The van der Waals surface area contributed by atoms with Crippen LogP contribution >= 0.6 is 0 Å². The summed E-state index contributed by atoms with van der Waals surface area (Å²) >= 11 is 0. The van der Waals surface area contributed by atoms with Crippen molar-refractivity contribution in [3.8, 4) is 11.5 Å². The average Bonchev–Trinajstić information content (AvgIpc) is 3.12. The van der Waals surface area contributed by atoms with E-state index in [1.165, 1.54) is 0 Å². The maximum Gasteiger partial charge on any atom is 0.314 e. The van der Waals surface area contributed by atoms with Gasteiger partial charge in [-0.3, -0.25) is 4.79 Å². The van der Waals surface area contributed by atoms with Crippen LogP contribution in [0.4, 0.5) is 0 Å². The van der Waals surface area contributed by atoms with Crippen LogP contribution in [0.3, 0.4) is 0 Å². The van der Waals surface area contributed by atoms with Gasteiger partial charge in [-0.15, -0.1) is 0 Å². The summed E-state index contributed by atoms with van der Waals surface area (Å²) in [4.78, 5) is 11.5. The molecule has 1 aliphatic rings. The molecule has 0 heterocycles. The summed E-state index contributed by atoms with van der Waals surface area (Å²) in [6, 6.07) is 3.69. The number of aliphatic carboxylic acids is 1. The molecular weight excluding hydrogens is 244 g/mol. The minimum atomic E-state index is -0.787. The lowest BCUT2D eigenvalue weighted by Gasteiger charge is -2.19. The van der Waals surface area contributed by atoms with Crippen molar-refractivity contribution in [1.82, 2.24) is 0 Å². The molecule has 0 unspecified atom stereocenters. The highest BCUT2D eigenvalue weighted by molar-refractivity contribution is 5.86. The molecule has 0 amide bonds. The van der Waals surface area contributed by atoms with Crippen molar-refractivity contribution in [3.63, 3.8) is 0 Å². The molecule has 2 rings (SSSR count). The number of hydrogen-bond donors (Lipinski definition) is 1. The Bertz CT molecular complexity index is 501. The highest BCUT2D eigenvalue weighted by Crippen LogP contribution is 2.52. The molecule has 0 radical (unpaired) electrons. The Kier molecular flexibility index (Phi) is 3.43. The summed E-state index contributed by atoms with van der Waals surface area (Å²) < 4.78 is 11.1. The van der Waals surface area contributed by atoms with E-state index in [-0.39, 0.29) is 6.10 Å². The van der Waals surface area contributed by atoms with Crippen molar-refractivity contribution in [2.45, 2.75) is 45.1 Å². The third-order valence-electron chi connectivity index (χ3n) is 3.53. The molecule has 1 fully saturated rings. The molecule has 1 aromatic carbocycles. The molecule has 4 heteroatoms. The number of rotatable bonds is 5. The van der Waals surface area contributed by atoms with Gasteiger partial charge in [0.15, 0.2) is 0 Å². The lowest BCUT2D eigenvalue weighted by atomic mass is 9.93. The Balaban J connectivity index is 2.50. The maximum absolute atomic E-state index is 11.5. The first-order valence-electron chi connectivity index (χ1n) is 6.50. The van der Waals surface area contributed by atoms with Crippen LogP contribution in [-0.4, -0.2) is 24.3 Å². The molecule has 0 aliphatic heterocycles. The van der Waals surface area contributed by atoms with Crippen LogP contribution in [0.15, 0.2) is 12.1 Å². The van der Waals surface area contributed by atoms with Crippen LogP contribution in [0.2, 0.25) is 0 Å². The highest BCUT2D eigenvalue weighted by atomic mass is 16.5. The highest BCUT2D eigenvalue weighted by Gasteiger charge is 2.53. The van der Waals surface area contributed by atoms with Gasteiger partial charge in [0.05, 0.1) is 18.6 Å². The predicted octanol–water partition coefficient (Wildman–Crippen LogP) is 2.91. The normalized spacial score (nSPS) is 16.3. The van der Waals surface area contributed by atoms with Gasteiger partial charge in [-0.05, 0) is 51.3 Å². The fourth-order valence-corrected chi connectivity index (χ4v) is 2.31. The minimum Gasteiger partial charge on any atom is -0.496 e. The average molecular weight is 264 g/mol. The van der Waals surface area contributed by atoms with Crippen molar-refractivity contribution >= 4 is 5.97 Å². The first-order chi connectivity index (χ1) is 8.90. The van der Waals surface area contributed by atoms with Crippen molar-refractivity contribution in [1.29, 1.82) is 0 Å². The SMILES string of the molecule is COc1cc(C)c(OC(C)C)cc1C1(C(=O)O)CC1. The number of carboxylic acid groups (broad SMARTS) is 1. The number of aryl methyl sites for hydroxylation is 1. The molecule has 1 N–H and O–H groups in total. The molecule has 0 atom stereocenters. The standard InChI is InChI=1S/C15H20O4/c1-9(2)19-12-8-11(13(18-4)7-10(12)3)15(5-6-15)14(16)17/h7-9H,5-6H2,1-4H3,(H,16,17). The Morgan fingerprint density at radius 1 is 1.32 bits per heavy atom. The summed E-state index contributed by atoms with van der Waals surface area (Å²) in [5.74, 6) is 0.581. The van der Waals surface area contributed by atoms with E-state index in [2.05, 4.69) is 0 Å². The molecule has 1 aromatic rings. The second-order valence-corrected chi connectivity index (χ2v) is 5.37. The number of ether oxygens (including phenoxy) is 2. The fraction of sp³-hybridized carbons (Fsp3) is 0.533. The number of methoxy groups -OCH3 is 1. The van der Waals surface area contributed by atoms with E-state index in [4.69, 9.17) is 9.47 Å². The molecule has 4 nitrogen and oxygen atoms in total. The summed E-state index contributed by atoms with van der Waals surface area (Å²) in [5.41, 5.74) is 0.896. The van der Waals surface area contributed by atoms with E-state index in [1.807, 2.05) is 32.9 Å². The van der Waals surface area contributed by atoms with Crippen LogP contribution in [0.5, 0.6) is 11.5 Å². The van der Waals surface area contributed by atoms with Gasteiger partial charge in [-0.25, -0.2) is 0 Å². The zero-order chi connectivity index (χ0) is 14.2. The first kappa shape index (κ1) is 13.7. The number of carboxylic acids is 1. The lowest BCUT2D eigenvalue weighted by Crippen LogP contribution is -2.21. The molecule has 0 spiro atoms. The van der Waals surface area contributed by atoms with Crippen molar-refractivity contribution in [2.75, 3.05) is 7.11 Å². The molecule has 0 saturated heterocycles. The molecule has 1 aliphatic carbocycles. The monoisotopic (exact) mass is 264 g/mol. The van der Waals surface area contributed by atoms with Crippen molar-refractivity contribution in [3.05, 3.63) is 23.3 Å². The number of hydrogen-bond acceptors (Lipinski definition) is 3. The van der Waals surface area contributed by atoms with Crippen LogP contribution in [0, 0.1) is 6.92 Å². The third-order valence-corrected chi connectivity index (χ3v) is 3.53. The van der Waals surface area contributed by atoms with Crippen LogP contribution in [0.1, 0.15) is 37.8 Å². The molecule has 104 valence electrons. The van der Waals surface area contributed by atoms with Crippen LogP contribution in [0.25, 0.3) is 0 Å². The van der Waals surface area contributed by atoms with Gasteiger partial charge in [0, 0.05) is 5.56 Å². The lowest BCUT2D eigenvalue weighted by molar-refractivity contribution is -0.140. The van der Waals surface area contributed by atoms with Gasteiger partial charge >= 0.3 is 5.97 Å². The van der Waals surface area contributed by atoms with E-state index in [1.54, 1.807) is 7.11 Å². The van der Waals surface area contributed by atoms with Crippen LogP contribution in [-0.2, 0) is 10.2 Å². The van der Waals surface area contributed by atoms with Gasteiger partial charge in [0.25, 0.3) is 0 Å². The molecular formula is C15H20O4. The van der Waals surface area contributed by atoms with E-state index < -0.39 is 11.4 Å². The largest absolute Gasteiger partial charge is 0.496 e. The van der Waals surface area contributed by atoms with E-state index in [9.17, 15) is 9.90 Å². The van der Waals surface area contributed by atoms with Gasteiger partial charge in [-0.2, -0.15) is 0 Å². The molecule has 0 aromatic heterocycles. The Morgan fingerprint density at radius 3 is 2.37 bits per heavy atom. The van der Waals surface area contributed by atoms with Gasteiger partial charge < -0.3 is 14.6 Å². The van der Waals surface area contributed by atoms with Gasteiger partial charge in [0.1, 0.15) is 11.5 Å². The minimum absolute atomic E-state index is 0.0555. The van der Waals surface area contributed by atoms with Gasteiger partial charge in [-0.1, -0.05) is 0 Å². The third kappa shape index (κ3) is 2.39. The smallest absolute Gasteiger partial charge is 0.314 e. The first-order valence-corrected chi connectivity index (χ1v) is 6.50. The summed E-state index contributed by atoms with van der Waals surface area (Å²) in [6.07, 6.45) is 1.37. The van der Waals surface area contributed by atoms with E-state index in [0.29, 0.717) is 18.6 Å². The quantitative estimate of drug-likeness (QED) is 0.888. The van der Waals surface area contributed by atoms with Crippen LogP contribution < -0.4 is 9.47 Å². The topological polar surface area (TPSA) is 55.8 Å². The summed E-state index contributed by atoms with van der Waals surface area (Å²) in [7, 11) is 1.57. The molecule has 0 bridgehead atoms. The Labute approximate surface area is 113 Å². The zero-order valence-electron chi connectivity index (χ0n) is 11.8. The second-order valence-electron chi connectivity index (χ2n) is 5.37. The van der Waals surface area contributed by atoms with Gasteiger partial charge in [0.2, 0.25) is 0 Å². The number of benzene rings is 1. The summed E-state index contributed by atoms with van der Waals surface area (Å²) in [6.45, 7) is 5.84. The van der Waals surface area contributed by atoms with Crippen molar-refractivity contribution < 1.29 is 19.4 Å². The second kappa shape index (κ2) is 4.76. The Hall–Kier alpha value is -1.71. The van der Waals surface area contributed by atoms with E-state index >= 15 is 0 Å². The zero-order valence-corrected chi connectivity index (χ0v) is 11.8. The maximum atomic E-state index is 11.5. The fourth-order valence-electron chi connectivity index (χ4n) is 2.31. The van der Waals surface area contributed by atoms with E-state index in [0.717, 1.165) is 16.9 Å². The Morgan fingerprint density at radius 2 is 1.95 bits per heavy atom.